The number of hydrogen-bond acceptors (Lipinski definition) is 6. The van der Waals surface area contributed by atoms with Crippen molar-refractivity contribution in [1.29, 1.82) is 0 Å². The van der Waals surface area contributed by atoms with Crippen LogP contribution in [0.15, 0.2) is 66.7 Å². The maximum Gasteiger partial charge on any atom is 0.416 e. The van der Waals surface area contributed by atoms with Crippen molar-refractivity contribution >= 4 is 69.7 Å². The van der Waals surface area contributed by atoms with E-state index in [1.54, 1.807) is 25.1 Å². The summed E-state index contributed by atoms with van der Waals surface area (Å²) in [5, 5.41) is 24.7. The smallest absolute Gasteiger partial charge is 0.416 e. The van der Waals surface area contributed by atoms with Gasteiger partial charge in [-0.2, -0.15) is 13.2 Å². The van der Waals surface area contributed by atoms with Gasteiger partial charge in [0.05, 0.1) is 25.7 Å². The van der Waals surface area contributed by atoms with Crippen LogP contribution < -0.4 is 20.1 Å². The Morgan fingerprint density at radius 3 is 1.52 bits per heavy atom. The molecule has 0 radical (unpaired) electrons. The van der Waals surface area contributed by atoms with Gasteiger partial charge in [0, 0.05) is 37.3 Å². The number of hydrogen-bond donors (Lipinski definition) is 4. The van der Waals surface area contributed by atoms with Crippen molar-refractivity contribution in [1.82, 2.24) is 0 Å². The van der Waals surface area contributed by atoms with E-state index in [1.165, 1.54) is 12.1 Å². The van der Waals surface area contributed by atoms with Crippen molar-refractivity contribution < 1.29 is 42.4 Å². The van der Waals surface area contributed by atoms with Crippen LogP contribution in [0.1, 0.15) is 54.5 Å². The van der Waals surface area contributed by atoms with Gasteiger partial charge in [-0.15, -0.1) is 0 Å². The molecule has 0 heterocycles. The highest BCUT2D eigenvalue weighted by Crippen LogP contribution is 2.37. The van der Waals surface area contributed by atoms with Crippen molar-refractivity contribution in [2.45, 2.75) is 58.9 Å². The molecule has 0 spiro atoms. The molecular formula is C37H37Cl4F3N2O6. The molecule has 0 atom stereocenters. The fourth-order valence-electron chi connectivity index (χ4n) is 4.82. The van der Waals surface area contributed by atoms with E-state index in [0.717, 1.165) is 35.5 Å². The zero-order valence-corrected chi connectivity index (χ0v) is 31.2. The Morgan fingerprint density at radius 2 is 1.08 bits per heavy atom. The standard InChI is InChI=1S/C19H18Cl2F3NO3.C18H19Cl2NO3/c1-2-25-14-6-12(5-13(9-14)19(22,23)24)10-28-18-15(20)7-11(8-16(18)21)3-4-17(26)27;1-2-21-14-5-3-4-13(8-14)11-24-18-15(19)9-12(10-16(18)20)6-7-17(22)23/h5-9,25H,2-4,10H2,1H3,(H,26,27);3-5,8-10,21H,2,6-7,11H2,1H3,(H,22,23). The molecule has 0 unspecified atom stereocenters. The number of aryl methyl sites for hydroxylation is 2. The average Bonchev–Trinajstić information content (AvgIpc) is 3.06. The summed E-state index contributed by atoms with van der Waals surface area (Å²) in [6, 6.07) is 18.0. The Labute approximate surface area is 319 Å². The highest BCUT2D eigenvalue weighted by Gasteiger charge is 2.31. The predicted octanol–water partition coefficient (Wildman–Crippen LogP) is 11.1. The van der Waals surface area contributed by atoms with Gasteiger partial charge in [0.25, 0.3) is 0 Å². The van der Waals surface area contributed by atoms with Crippen LogP contribution in [0.25, 0.3) is 0 Å². The molecule has 0 amide bonds. The third-order valence-electron chi connectivity index (χ3n) is 7.15. The molecule has 8 nitrogen and oxygen atoms in total. The van der Waals surface area contributed by atoms with Crippen LogP contribution in [0.5, 0.6) is 11.5 Å². The van der Waals surface area contributed by atoms with Gasteiger partial charge in [-0.25, -0.2) is 0 Å². The Kier molecular flexibility index (Phi) is 16.5. The second-order valence-corrected chi connectivity index (χ2v) is 12.9. The van der Waals surface area contributed by atoms with Crippen LogP contribution in [0.2, 0.25) is 20.1 Å². The summed E-state index contributed by atoms with van der Waals surface area (Å²) in [4.78, 5) is 21.3. The highest BCUT2D eigenvalue weighted by atomic mass is 35.5. The predicted molar refractivity (Wildman–Crippen MR) is 200 cm³/mol. The maximum absolute atomic E-state index is 13.1. The molecule has 0 aromatic heterocycles. The molecule has 0 aliphatic rings. The summed E-state index contributed by atoms with van der Waals surface area (Å²) in [7, 11) is 0. The van der Waals surface area contributed by atoms with Crippen LogP contribution in [0.4, 0.5) is 24.5 Å². The first kappa shape index (κ1) is 42.4. The largest absolute Gasteiger partial charge is 0.486 e. The Hall–Kier alpha value is -4.03. The molecule has 0 fully saturated rings. The summed E-state index contributed by atoms with van der Waals surface area (Å²) >= 11 is 24.8. The Bertz CT molecular complexity index is 1800. The van der Waals surface area contributed by atoms with Gasteiger partial charge in [-0.1, -0.05) is 58.5 Å². The normalized spacial score (nSPS) is 10.9. The molecule has 0 aliphatic heterocycles. The lowest BCUT2D eigenvalue weighted by Gasteiger charge is -2.15. The van der Waals surface area contributed by atoms with E-state index in [-0.39, 0.29) is 41.7 Å². The minimum Gasteiger partial charge on any atom is -0.486 e. The first-order valence-electron chi connectivity index (χ1n) is 16.0. The molecule has 0 aliphatic carbocycles. The topological polar surface area (TPSA) is 117 Å². The number of carboxylic acids is 2. The fraction of sp³-hybridized carbons (Fsp3) is 0.297. The molecule has 0 saturated heterocycles. The zero-order chi connectivity index (χ0) is 38.4. The molecule has 4 N–H and O–H groups in total. The Morgan fingerprint density at radius 1 is 0.635 bits per heavy atom. The lowest BCUT2D eigenvalue weighted by Crippen LogP contribution is -2.09. The number of ether oxygens (including phenoxy) is 2. The number of halogens is 7. The van der Waals surface area contributed by atoms with Crippen LogP contribution in [-0.4, -0.2) is 35.2 Å². The van der Waals surface area contributed by atoms with Gasteiger partial charge in [0.15, 0.2) is 11.5 Å². The van der Waals surface area contributed by atoms with Crippen molar-refractivity contribution in [2.75, 3.05) is 23.7 Å². The van der Waals surface area contributed by atoms with E-state index < -0.39 is 23.7 Å². The number of nitrogens with one attached hydrogen (secondary N) is 2. The van der Waals surface area contributed by atoms with Gasteiger partial charge in [0.1, 0.15) is 13.2 Å². The second kappa shape index (κ2) is 20.3. The van der Waals surface area contributed by atoms with Crippen LogP contribution in [-0.2, 0) is 41.8 Å². The number of rotatable bonds is 16. The number of benzene rings is 4. The highest BCUT2D eigenvalue weighted by molar-refractivity contribution is 6.37. The maximum atomic E-state index is 13.1. The second-order valence-electron chi connectivity index (χ2n) is 11.3. The lowest BCUT2D eigenvalue weighted by atomic mass is 10.1. The quantitative estimate of drug-likeness (QED) is 0.0885. The molecule has 4 aromatic carbocycles. The molecule has 4 aromatic rings. The van der Waals surface area contributed by atoms with E-state index in [9.17, 15) is 22.8 Å². The van der Waals surface area contributed by atoms with Crippen molar-refractivity contribution in [3.05, 3.63) is 115 Å². The molecule has 52 heavy (non-hydrogen) atoms. The SMILES string of the molecule is CCNc1cc(COc2c(Cl)cc(CCC(=O)O)cc2Cl)cc(C(F)(F)F)c1.CCNc1cccc(COc2c(Cl)cc(CCC(=O)O)cc2Cl)c1. The lowest BCUT2D eigenvalue weighted by molar-refractivity contribution is -0.138. The van der Waals surface area contributed by atoms with Crippen LogP contribution in [0.3, 0.4) is 0 Å². The molecule has 4 rings (SSSR count). The fourth-order valence-corrected chi connectivity index (χ4v) is 6.11. The monoisotopic (exact) mass is 802 g/mol. The first-order valence-corrected chi connectivity index (χ1v) is 17.5. The number of anilines is 2. The Balaban J connectivity index is 0.000000284. The third kappa shape index (κ3) is 13.8. The van der Waals surface area contributed by atoms with Crippen LogP contribution in [0, 0.1) is 0 Å². The summed E-state index contributed by atoms with van der Waals surface area (Å²) in [6.45, 7) is 5.30. The average molecular weight is 805 g/mol. The number of carboxylic acid groups (broad SMARTS) is 2. The van der Waals surface area contributed by atoms with Crippen molar-refractivity contribution in [2.24, 2.45) is 0 Å². The molecule has 280 valence electrons. The van der Waals surface area contributed by atoms with Crippen molar-refractivity contribution in [3.8, 4) is 11.5 Å². The van der Waals surface area contributed by atoms with E-state index in [1.807, 2.05) is 31.2 Å². The summed E-state index contributed by atoms with van der Waals surface area (Å²) in [6.07, 6.45) is -3.91. The van der Waals surface area contributed by atoms with Gasteiger partial charge in [0.2, 0.25) is 0 Å². The molecule has 0 bridgehead atoms. The van der Waals surface area contributed by atoms with Crippen molar-refractivity contribution in [3.63, 3.8) is 0 Å². The summed E-state index contributed by atoms with van der Waals surface area (Å²) < 4.78 is 50.6. The molecule has 15 heteroatoms. The number of aliphatic carboxylic acids is 2. The number of carbonyl (C=O) groups is 2. The first-order chi connectivity index (χ1) is 24.6. The van der Waals surface area contributed by atoms with E-state index in [4.69, 9.17) is 66.1 Å². The molecule has 0 saturated carbocycles. The van der Waals surface area contributed by atoms with Gasteiger partial charge < -0.3 is 30.3 Å². The van der Waals surface area contributed by atoms with E-state index in [2.05, 4.69) is 10.6 Å². The molecular weight excluding hydrogens is 767 g/mol. The zero-order valence-electron chi connectivity index (χ0n) is 28.2. The summed E-state index contributed by atoms with van der Waals surface area (Å²) in [5.74, 6) is -1.27. The van der Waals surface area contributed by atoms with Gasteiger partial charge in [-0.3, -0.25) is 9.59 Å². The number of alkyl halides is 3. The third-order valence-corrected chi connectivity index (χ3v) is 8.27. The van der Waals surface area contributed by atoms with Gasteiger partial charge >= 0.3 is 18.1 Å². The summed E-state index contributed by atoms with van der Waals surface area (Å²) in [5.41, 5.74) is 3.26. The minimum absolute atomic E-state index is 0.0318. The van der Waals surface area contributed by atoms with E-state index >= 15 is 0 Å². The minimum atomic E-state index is -4.48. The van der Waals surface area contributed by atoms with E-state index in [0.29, 0.717) is 52.2 Å². The van der Waals surface area contributed by atoms with Gasteiger partial charge in [-0.05, 0) is 104 Å². The van der Waals surface area contributed by atoms with Crippen LogP contribution >= 0.6 is 46.4 Å².